The van der Waals surface area contributed by atoms with Crippen molar-refractivity contribution in [2.24, 2.45) is 5.10 Å². The minimum Gasteiger partial charge on any atom is -0.390 e. The molecule has 0 saturated carbocycles. The first-order valence-electron chi connectivity index (χ1n) is 13.4. The molecule has 39 heavy (non-hydrogen) atoms. The monoisotopic (exact) mass is 526 g/mol. The maximum atomic E-state index is 13.2. The lowest BCUT2D eigenvalue weighted by Gasteiger charge is -2.25. The number of hydrazone groups is 1. The number of hydrogen-bond donors (Lipinski definition) is 3. The van der Waals surface area contributed by atoms with Crippen molar-refractivity contribution in [2.75, 3.05) is 6.54 Å². The zero-order valence-electron chi connectivity index (χ0n) is 22.9. The molecule has 3 N–H and O–H groups in total. The third-order valence-corrected chi connectivity index (χ3v) is 6.84. The van der Waals surface area contributed by atoms with Crippen molar-refractivity contribution in [3.05, 3.63) is 107 Å². The van der Waals surface area contributed by atoms with Crippen molar-refractivity contribution >= 4 is 17.5 Å². The Bertz CT molecular complexity index is 1290. The van der Waals surface area contributed by atoms with E-state index in [2.05, 4.69) is 60.8 Å². The largest absolute Gasteiger partial charge is 0.390 e. The van der Waals surface area contributed by atoms with Crippen molar-refractivity contribution in [1.29, 1.82) is 0 Å². The number of carbonyl (C=O) groups is 2. The molecular weight excluding hydrogens is 488 g/mol. The molecule has 0 radical (unpaired) electrons. The van der Waals surface area contributed by atoms with Gasteiger partial charge in [-0.25, -0.2) is 5.01 Å². The first-order chi connectivity index (χ1) is 18.7. The Morgan fingerprint density at radius 3 is 2.26 bits per heavy atom. The van der Waals surface area contributed by atoms with E-state index in [1.807, 2.05) is 60.7 Å². The summed E-state index contributed by atoms with van der Waals surface area (Å²) in [4.78, 5) is 25.7. The molecule has 204 valence electrons. The van der Waals surface area contributed by atoms with Gasteiger partial charge in [0.25, 0.3) is 5.91 Å². The van der Waals surface area contributed by atoms with Gasteiger partial charge in [-0.15, -0.1) is 0 Å². The fraction of sp³-hybridized carbons (Fsp3) is 0.344. The van der Waals surface area contributed by atoms with Crippen LogP contribution in [0.5, 0.6) is 0 Å². The maximum absolute atomic E-state index is 13.2. The van der Waals surface area contributed by atoms with E-state index in [4.69, 9.17) is 0 Å². The Morgan fingerprint density at radius 1 is 0.949 bits per heavy atom. The summed E-state index contributed by atoms with van der Waals surface area (Å²) < 4.78 is 0. The van der Waals surface area contributed by atoms with Crippen LogP contribution in [0.3, 0.4) is 0 Å². The minimum atomic E-state index is -0.849. The number of amides is 2. The third-order valence-electron chi connectivity index (χ3n) is 6.84. The lowest BCUT2D eigenvalue weighted by molar-refractivity contribution is -0.129. The standard InChI is InChI=1S/C32H38N4O3/c1-32(2,3)26-16-10-15-25(17-26)20-33-21-29(37)27(18-23-11-6-4-7-12-23)34-31(39)28-19-30(38)36(35-28)22-24-13-8-5-9-14-24/h4-17,27,29,33,37H,18-22H2,1-3H3,(H,34,39)/t27-,29+/m0/s1. The summed E-state index contributed by atoms with van der Waals surface area (Å²) >= 11 is 0. The highest BCUT2D eigenvalue weighted by atomic mass is 16.3. The molecule has 0 unspecified atom stereocenters. The SMILES string of the molecule is CC(C)(C)c1cccc(CNC[C@@H](O)[C@H](Cc2ccccc2)NC(=O)C2=NN(Cc3ccccc3)C(=O)C2)c1. The molecule has 7 heteroatoms. The van der Waals surface area contributed by atoms with Gasteiger partial charge in [-0.1, -0.05) is 106 Å². The van der Waals surface area contributed by atoms with E-state index in [0.29, 0.717) is 26.1 Å². The highest BCUT2D eigenvalue weighted by Crippen LogP contribution is 2.22. The molecule has 2 atom stereocenters. The third kappa shape index (κ3) is 8.09. The Balaban J connectivity index is 1.40. The van der Waals surface area contributed by atoms with Crippen LogP contribution in [0.4, 0.5) is 0 Å². The number of nitrogens with one attached hydrogen (secondary N) is 2. The van der Waals surface area contributed by atoms with E-state index >= 15 is 0 Å². The molecule has 0 aliphatic carbocycles. The molecule has 0 spiro atoms. The Kier molecular flexibility index (Phi) is 9.28. The molecule has 3 aromatic carbocycles. The van der Waals surface area contributed by atoms with E-state index in [9.17, 15) is 14.7 Å². The Labute approximate surface area is 230 Å². The molecule has 1 heterocycles. The molecule has 1 aliphatic heterocycles. The number of nitrogens with zero attached hydrogens (tertiary/aromatic N) is 2. The van der Waals surface area contributed by atoms with Gasteiger partial charge in [-0.3, -0.25) is 9.59 Å². The van der Waals surface area contributed by atoms with Gasteiger partial charge in [-0.05, 0) is 34.1 Å². The summed E-state index contributed by atoms with van der Waals surface area (Å²) in [5.74, 6) is -0.653. The van der Waals surface area contributed by atoms with Crippen LogP contribution in [0.25, 0.3) is 0 Å². The van der Waals surface area contributed by atoms with Crippen molar-refractivity contribution in [1.82, 2.24) is 15.6 Å². The summed E-state index contributed by atoms with van der Waals surface area (Å²) in [6, 6.07) is 27.1. The molecule has 0 saturated heterocycles. The molecule has 7 nitrogen and oxygen atoms in total. The van der Waals surface area contributed by atoms with Gasteiger partial charge in [0.05, 0.1) is 25.1 Å². The fourth-order valence-electron chi connectivity index (χ4n) is 4.53. The number of carbonyl (C=O) groups excluding carboxylic acids is 2. The summed E-state index contributed by atoms with van der Waals surface area (Å²) in [7, 11) is 0. The Morgan fingerprint density at radius 2 is 1.59 bits per heavy atom. The van der Waals surface area contributed by atoms with Gasteiger partial charge in [0.1, 0.15) is 5.71 Å². The molecule has 0 fully saturated rings. The lowest BCUT2D eigenvalue weighted by atomic mass is 9.86. The highest BCUT2D eigenvalue weighted by Gasteiger charge is 2.31. The normalized spacial score (nSPS) is 15.1. The van der Waals surface area contributed by atoms with Gasteiger partial charge >= 0.3 is 0 Å². The van der Waals surface area contributed by atoms with Crippen LogP contribution >= 0.6 is 0 Å². The van der Waals surface area contributed by atoms with Crippen molar-refractivity contribution in [2.45, 2.75) is 64.3 Å². The highest BCUT2D eigenvalue weighted by molar-refractivity contribution is 6.43. The van der Waals surface area contributed by atoms with Crippen LogP contribution in [0, 0.1) is 0 Å². The van der Waals surface area contributed by atoms with Crippen LogP contribution in [0.2, 0.25) is 0 Å². The molecule has 4 rings (SSSR count). The molecular formula is C32H38N4O3. The molecule has 0 aromatic heterocycles. The van der Waals surface area contributed by atoms with E-state index in [1.165, 1.54) is 10.6 Å². The van der Waals surface area contributed by atoms with Crippen LogP contribution < -0.4 is 10.6 Å². The summed E-state index contributed by atoms with van der Waals surface area (Å²) in [6.07, 6.45) is -0.461. The van der Waals surface area contributed by atoms with Gasteiger partial charge in [0, 0.05) is 13.1 Å². The Hall–Kier alpha value is -3.81. The van der Waals surface area contributed by atoms with E-state index in [1.54, 1.807) is 0 Å². The zero-order valence-corrected chi connectivity index (χ0v) is 22.9. The topological polar surface area (TPSA) is 94.0 Å². The van der Waals surface area contributed by atoms with E-state index in [-0.39, 0.29) is 23.5 Å². The number of rotatable bonds is 11. The molecule has 3 aromatic rings. The first kappa shape index (κ1) is 28.2. The van der Waals surface area contributed by atoms with Crippen LogP contribution in [-0.2, 0) is 34.5 Å². The summed E-state index contributed by atoms with van der Waals surface area (Å²) in [6.45, 7) is 7.76. The van der Waals surface area contributed by atoms with Crippen molar-refractivity contribution in [3.8, 4) is 0 Å². The number of aliphatic hydroxyl groups excluding tert-OH is 1. The summed E-state index contributed by atoms with van der Waals surface area (Å²) in [5.41, 5.74) is 4.54. The van der Waals surface area contributed by atoms with E-state index < -0.39 is 18.1 Å². The first-order valence-corrected chi connectivity index (χ1v) is 13.4. The van der Waals surface area contributed by atoms with Gasteiger partial charge in [0.2, 0.25) is 5.91 Å². The lowest BCUT2D eigenvalue weighted by Crippen LogP contribution is -2.50. The number of hydrogen-bond acceptors (Lipinski definition) is 5. The average Bonchev–Trinajstić information content (AvgIpc) is 3.29. The van der Waals surface area contributed by atoms with E-state index in [0.717, 1.165) is 16.7 Å². The van der Waals surface area contributed by atoms with Gasteiger partial charge in [0.15, 0.2) is 0 Å². The second-order valence-corrected chi connectivity index (χ2v) is 11.1. The van der Waals surface area contributed by atoms with Crippen molar-refractivity contribution < 1.29 is 14.7 Å². The van der Waals surface area contributed by atoms with Crippen molar-refractivity contribution in [3.63, 3.8) is 0 Å². The molecule has 0 bridgehead atoms. The molecule has 2 amide bonds. The average molecular weight is 527 g/mol. The quantitative estimate of drug-likeness (QED) is 0.353. The van der Waals surface area contributed by atoms with Gasteiger partial charge < -0.3 is 15.7 Å². The maximum Gasteiger partial charge on any atom is 0.268 e. The minimum absolute atomic E-state index is 0.0571. The second kappa shape index (κ2) is 12.8. The van der Waals surface area contributed by atoms with Gasteiger partial charge in [-0.2, -0.15) is 5.10 Å². The van der Waals surface area contributed by atoms with Crippen LogP contribution in [0.15, 0.2) is 90.0 Å². The number of benzene rings is 3. The fourth-order valence-corrected chi connectivity index (χ4v) is 4.53. The summed E-state index contributed by atoms with van der Waals surface area (Å²) in [5, 5.41) is 23.1. The predicted molar refractivity (Wildman–Crippen MR) is 154 cm³/mol. The van der Waals surface area contributed by atoms with Crippen LogP contribution in [0.1, 0.15) is 49.4 Å². The van der Waals surface area contributed by atoms with Crippen LogP contribution in [-0.4, -0.2) is 46.3 Å². The number of aliphatic hydroxyl groups is 1. The second-order valence-electron chi connectivity index (χ2n) is 11.1. The smallest absolute Gasteiger partial charge is 0.268 e. The predicted octanol–water partition coefficient (Wildman–Crippen LogP) is 3.95. The molecule has 1 aliphatic rings. The zero-order chi connectivity index (χ0) is 27.8.